The first-order valence-corrected chi connectivity index (χ1v) is 9.81. The maximum Gasteiger partial charge on any atom is 0.307 e. The van der Waals surface area contributed by atoms with Crippen LogP contribution in [0.3, 0.4) is 0 Å². The van der Waals surface area contributed by atoms with Crippen LogP contribution in [-0.4, -0.2) is 56.7 Å². The van der Waals surface area contributed by atoms with Crippen molar-refractivity contribution in [3.8, 4) is 0 Å². The molecule has 0 N–H and O–H groups in total. The van der Waals surface area contributed by atoms with E-state index in [1.807, 2.05) is 4.90 Å². The molecule has 9 heteroatoms. The third-order valence-corrected chi connectivity index (χ3v) is 5.00. The molecular formula is C22H23F3N2O4. The van der Waals surface area contributed by atoms with E-state index in [0.717, 1.165) is 18.2 Å². The molecule has 0 saturated carbocycles. The Morgan fingerprint density at radius 1 is 1.03 bits per heavy atom. The lowest BCUT2D eigenvalue weighted by molar-refractivity contribution is -0.140. The zero-order chi connectivity index (χ0) is 22.4. The number of carbonyl (C=O) groups excluding carboxylic acids is 2. The number of halogens is 3. The predicted molar refractivity (Wildman–Crippen MR) is 107 cm³/mol. The number of methoxy groups -OCH3 is 1. The number of benzene rings is 2. The van der Waals surface area contributed by atoms with Crippen LogP contribution < -0.4 is 4.90 Å². The molecule has 2 aromatic carbocycles. The van der Waals surface area contributed by atoms with E-state index in [-0.39, 0.29) is 25.1 Å². The fourth-order valence-corrected chi connectivity index (χ4v) is 3.32. The summed E-state index contributed by atoms with van der Waals surface area (Å²) in [6, 6.07) is 7.47. The molecule has 0 spiro atoms. The number of amides is 1. The van der Waals surface area contributed by atoms with Gasteiger partial charge in [0.2, 0.25) is 0 Å². The Morgan fingerprint density at radius 3 is 2.42 bits per heavy atom. The van der Waals surface area contributed by atoms with E-state index in [1.165, 1.54) is 30.2 Å². The molecule has 1 aliphatic rings. The largest absolute Gasteiger partial charge is 0.469 e. The van der Waals surface area contributed by atoms with Gasteiger partial charge in [0.15, 0.2) is 11.6 Å². The fourth-order valence-electron chi connectivity index (χ4n) is 3.32. The average molecular weight is 436 g/mol. The molecule has 0 aliphatic carbocycles. The van der Waals surface area contributed by atoms with E-state index >= 15 is 0 Å². The van der Waals surface area contributed by atoms with Crippen molar-refractivity contribution in [3.63, 3.8) is 0 Å². The predicted octanol–water partition coefficient (Wildman–Crippen LogP) is 3.15. The Bertz CT molecular complexity index is 948. The Kier molecular flexibility index (Phi) is 7.51. The van der Waals surface area contributed by atoms with Crippen LogP contribution in [0.25, 0.3) is 0 Å². The van der Waals surface area contributed by atoms with Crippen molar-refractivity contribution in [2.45, 2.75) is 13.0 Å². The molecule has 6 nitrogen and oxygen atoms in total. The van der Waals surface area contributed by atoms with Gasteiger partial charge in [0.05, 0.1) is 32.4 Å². The maximum atomic E-state index is 14.7. The van der Waals surface area contributed by atoms with Crippen molar-refractivity contribution in [3.05, 3.63) is 65.0 Å². The van der Waals surface area contributed by atoms with Crippen molar-refractivity contribution in [1.82, 2.24) is 4.90 Å². The lowest BCUT2D eigenvalue weighted by Gasteiger charge is -2.29. The van der Waals surface area contributed by atoms with Crippen LogP contribution >= 0.6 is 0 Å². The van der Waals surface area contributed by atoms with Gasteiger partial charge in [0.25, 0.3) is 5.91 Å². The molecule has 0 unspecified atom stereocenters. The molecule has 31 heavy (non-hydrogen) atoms. The summed E-state index contributed by atoms with van der Waals surface area (Å²) >= 11 is 0. The lowest BCUT2D eigenvalue weighted by atomic mass is 10.1. The molecule has 0 aromatic heterocycles. The maximum absolute atomic E-state index is 14.7. The minimum absolute atomic E-state index is 0.0304. The molecule has 0 bridgehead atoms. The van der Waals surface area contributed by atoms with Crippen molar-refractivity contribution in [2.24, 2.45) is 0 Å². The second-order valence-corrected chi connectivity index (χ2v) is 7.07. The zero-order valence-electron chi connectivity index (χ0n) is 17.1. The monoisotopic (exact) mass is 436 g/mol. The van der Waals surface area contributed by atoms with Gasteiger partial charge in [-0.3, -0.25) is 9.59 Å². The Labute approximate surface area is 178 Å². The molecular weight excluding hydrogens is 413 g/mol. The normalized spacial score (nSPS) is 13.7. The highest BCUT2D eigenvalue weighted by Crippen LogP contribution is 2.23. The molecule has 2 aromatic rings. The number of hydrogen-bond acceptors (Lipinski definition) is 5. The first-order chi connectivity index (χ1) is 14.9. The number of hydrogen-bond donors (Lipinski definition) is 0. The summed E-state index contributed by atoms with van der Waals surface area (Å²) in [5.74, 6) is -3.66. The van der Waals surface area contributed by atoms with Crippen LogP contribution in [0.1, 0.15) is 22.3 Å². The summed E-state index contributed by atoms with van der Waals surface area (Å²) in [6.07, 6.45) is -0.0970. The molecule has 1 saturated heterocycles. The Morgan fingerprint density at radius 2 is 1.77 bits per heavy atom. The average Bonchev–Trinajstić information content (AvgIpc) is 2.78. The Balaban J connectivity index is 1.81. The van der Waals surface area contributed by atoms with Crippen LogP contribution in [0, 0.1) is 17.5 Å². The molecule has 166 valence electrons. The molecule has 0 radical (unpaired) electrons. The molecule has 0 atom stereocenters. The summed E-state index contributed by atoms with van der Waals surface area (Å²) in [4.78, 5) is 27.7. The SMILES string of the molecule is COC(=O)CCN(Cc1ccc(F)c(F)c1)C(=O)c1ccc(N2CCOCC2)c(F)c1. The molecule has 1 heterocycles. The minimum atomic E-state index is -1.04. The number of rotatable bonds is 7. The summed E-state index contributed by atoms with van der Waals surface area (Å²) in [5, 5.41) is 0. The van der Waals surface area contributed by atoms with Crippen LogP contribution in [-0.2, 0) is 20.8 Å². The minimum Gasteiger partial charge on any atom is -0.469 e. The summed E-state index contributed by atoms with van der Waals surface area (Å²) in [6.45, 7) is 1.97. The van der Waals surface area contributed by atoms with Gasteiger partial charge in [-0.1, -0.05) is 6.07 Å². The van der Waals surface area contributed by atoms with Crippen LogP contribution in [0.5, 0.6) is 0 Å². The van der Waals surface area contributed by atoms with Crippen molar-refractivity contribution in [1.29, 1.82) is 0 Å². The summed E-state index contributed by atoms with van der Waals surface area (Å²) in [7, 11) is 1.23. The first kappa shape index (κ1) is 22.6. The topological polar surface area (TPSA) is 59.1 Å². The molecule has 1 aliphatic heterocycles. The number of anilines is 1. The standard InChI is InChI=1S/C22H23F3N2O4/c1-30-21(28)6-7-27(14-15-2-4-17(23)18(24)12-15)22(29)16-3-5-20(19(25)13-16)26-8-10-31-11-9-26/h2-5,12-13H,6-11,14H2,1H3. The number of ether oxygens (including phenoxy) is 2. The van der Waals surface area contributed by atoms with Crippen molar-refractivity contribution < 1.29 is 32.2 Å². The van der Waals surface area contributed by atoms with Crippen molar-refractivity contribution in [2.75, 3.05) is 44.9 Å². The van der Waals surface area contributed by atoms with E-state index in [2.05, 4.69) is 4.74 Å². The van der Waals surface area contributed by atoms with Gasteiger partial charge >= 0.3 is 5.97 Å². The molecule has 1 amide bonds. The highest BCUT2D eigenvalue weighted by atomic mass is 19.2. The number of nitrogens with zero attached hydrogens (tertiary/aromatic N) is 2. The zero-order valence-corrected chi connectivity index (χ0v) is 17.1. The van der Waals surface area contributed by atoms with Gasteiger partial charge in [0.1, 0.15) is 5.82 Å². The third kappa shape index (κ3) is 5.75. The van der Waals surface area contributed by atoms with E-state index in [0.29, 0.717) is 37.6 Å². The second kappa shape index (κ2) is 10.3. The third-order valence-electron chi connectivity index (χ3n) is 5.00. The number of esters is 1. The Hall–Kier alpha value is -3.07. The van der Waals surface area contributed by atoms with Gasteiger partial charge in [-0.25, -0.2) is 13.2 Å². The van der Waals surface area contributed by atoms with Crippen molar-refractivity contribution >= 4 is 17.6 Å². The van der Waals surface area contributed by atoms with Gasteiger partial charge < -0.3 is 19.3 Å². The van der Waals surface area contributed by atoms with E-state index < -0.39 is 29.3 Å². The van der Waals surface area contributed by atoms with Gasteiger partial charge in [-0.2, -0.15) is 0 Å². The van der Waals surface area contributed by atoms with E-state index in [4.69, 9.17) is 4.74 Å². The number of morpholine rings is 1. The molecule has 1 fully saturated rings. The first-order valence-electron chi connectivity index (χ1n) is 9.81. The lowest BCUT2D eigenvalue weighted by Crippen LogP contribution is -2.37. The van der Waals surface area contributed by atoms with Gasteiger partial charge in [-0.05, 0) is 35.9 Å². The highest BCUT2D eigenvalue weighted by molar-refractivity contribution is 5.94. The number of carbonyl (C=O) groups is 2. The van der Waals surface area contributed by atoms with Crippen LogP contribution in [0.15, 0.2) is 36.4 Å². The van der Waals surface area contributed by atoms with Gasteiger partial charge in [-0.15, -0.1) is 0 Å². The van der Waals surface area contributed by atoms with E-state index in [9.17, 15) is 22.8 Å². The second-order valence-electron chi connectivity index (χ2n) is 7.07. The molecule has 3 rings (SSSR count). The van der Waals surface area contributed by atoms with E-state index in [1.54, 1.807) is 0 Å². The fraction of sp³-hybridized carbons (Fsp3) is 0.364. The smallest absolute Gasteiger partial charge is 0.307 e. The van der Waals surface area contributed by atoms with Crippen LogP contribution in [0.4, 0.5) is 18.9 Å². The van der Waals surface area contributed by atoms with Crippen LogP contribution in [0.2, 0.25) is 0 Å². The summed E-state index contributed by atoms with van der Waals surface area (Å²) in [5.41, 5.74) is 0.797. The van der Waals surface area contributed by atoms with Gasteiger partial charge in [0, 0.05) is 31.7 Å². The highest BCUT2D eigenvalue weighted by Gasteiger charge is 2.21. The quantitative estimate of drug-likeness (QED) is 0.625. The summed E-state index contributed by atoms with van der Waals surface area (Å²) < 4.78 is 51.4.